The molecule has 0 unspecified atom stereocenters. The fraction of sp³-hybridized carbons (Fsp3) is 0.857. The molecule has 0 radical (unpaired) electrons. The summed E-state index contributed by atoms with van der Waals surface area (Å²) in [7, 11) is 0.0132. The zero-order valence-electron chi connectivity index (χ0n) is 11.6. The molecule has 0 bridgehead atoms. The molecule has 0 amide bonds. The van der Waals surface area contributed by atoms with Crippen LogP contribution in [0.25, 0.3) is 0 Å². The Morgan fingerprint density at radius 1 is 1.00 bits per heavy atom. The third-order valence-electron chi connectivity index (χ3n) is 3.25. The summed E-state index contributed by atoms with van der Waals surface area (Å²) in [5.74, 6) is 0. The summed E-state index contributed by atoms with van der Waals surface area (Å²) in [6.45, 7) is 21.2. The van der Waals surface area contributed by atoms with Crippen molar-refractivity contribution in [2.45, 2.75) is 76.8 Å². The normalized spacial score (nSPS) is 26.7. The highest BCUT2D eigenvalue weighted by molar-refractivity contribution is 7.62. The van der Waals surface area contributed by atoms with Gasteiger partial charge >= 0.3 is 0 Å². The van der Waals surface area contributed by atoms with Crippen molar-refractivity contribution in [2.24, 2.45) is 0 Å². The van der Waals surface area contributed by atoms with E-state index in [0.29, 0.717) is 15.5 Å². The van der Waals surface area contributed by atoms with Crippen LogP contribution in [0.1, 0.15) is 61.3 Å². The number of hydrogen-bond donors (Lipinski definition) is 0. The molecule has 1 saturated heterocycles. The lowest BCUT2D eigenvalue weighted by atomic mass is 9.94. The minimum atomic E-state index is 0.0132. The van der Waals surface area contributed by atoms with Gasteiger partial charge in [0.05, 0.1) is 0 Å². The summed E-state index contributed by atoms with van der Waals surface area (Å²) in [5.41, 5.74) is 1.45. The first-order valence-corrected chi connectivity index (χ1v) is 7.28. The topological polar surface area (TPSA) is 0 Å². The fourth-order valence-electron chi connectivity index (χ4n) is 4.08. The van der Waals surface area contributed by atoms with Crippen LogP contribution < -0.4 is 0 Å². The lowest BCUT2D eigenvalue weighted by molar-refractivity contribution is 0.528. The smallest absolute Gasteiger partial charge is 0.0104 e. The first-order chi connectivity index (χ1) is 6.47. The van der Waals surface area contributed by atoms with Gasteiger partial charge in [-0.2, -0.15) is 0 Å². The Bertz CT molecular complexity index is 246. The van der Waals surface area contributed by atoms with Crippen molar-refractivity contribution in [3.8, 4) is 0 Å². The third kappa shape index (κ3) is 2.64. The van der Waals surface area contributed by atoms with E-state index in [1.807, 2.05) is 0 Å². The van der Waals surface area contributed by atoms with Gasteiger partial charge in [-0.15, -0.1) is 0 Å². The summed E-state index contributed by atoms with van der Waals surface area (Å²) < 4.78 is 0. The van der Waals surface area contributed by atoms with Crippen LogP contribution >= 0.6 is 7.92 Å². The molecule has 0 aromatic rings. The summed E-state index contributed by atoms with van der Waals surface area (Å²) in [5, 5.41) is 1.35. The lowest BCUT2D eigenvalue weighted by Gasteiger charge is -2.56. The Morgan fingerprint density at radius 3 is 1.60 bits per heavy atom. The zero-order valence-corrected chi connectivity index (χ0v) is 12.5. The van der Waals surface area contributed by atoms with Gasteiger partial charge in [-0.3, -0.25) is 0 Å². The third-order valence-corrected chi connectivity index (χ3v) is 7.33. The van der Waals surface area contributed by atoms with Gasteiger partial charge < -0.3 is 0 Å². The van der Waals surface area contributed by atoms with E-state index in [1.54, 1.807) is 0 Å². The van der Waals surface area contributed by atoms with Crippen LogP contribution in [0.4, 0.5) is 0 Å². The van der Waals surface area contributed by atoms with Crippen LogP contribution in [0, 0.1) is 0 Å². The van der Waals surface area contributed by atoms with Crippen LogP contribution in [0.3, 0.4) is 0 Å². The maximum atomic E-state index is 4.23. The molecule has 1 aliphatic rings. The summed E-state index contributed by atoms with van der Waals surface area (Å²) in [4.78, 5) is 0. The van der Waals surface area contributed by atoms with Crippen LogP contribution in [0.5, 0.6) is 0 Å². The Morgan fingerprint density at radius 2 is 1.33 bits per heavy atom. The SMILES string of the molecule is C=C1CC(C)(C)P(C(C)(C)C)C(C)(C)C1. The van der Waals surface area contributed by atoms with E-state index in [-0.39, 0.29) is 7.92 Å². The van der Waals surface area contributed by atoms with Crippen molar-refractivity contribution in [3.05, 3.63) is 12.2 Å². The molecule has 88 valence electrons. The second-order valence-corrected chi connectivity index (χ2v) is 11.7. The Hall–Kier alpha value is 0.170. The van der Waals surface area contributed by atoms with Crippen molar-refractivity contribution in [1.29, 1.82) is 0 Å². The molecule has 1 aliphatic heterocycles. The minimum absolute atomic E-state index is 0.0132. The van der Waals surface area contributed by atoms with Crippen molar-refractivity contribution in [1.82, 2.24) is 0 Å². The molecule has 0 saturated carbocycles. The Labute approximate surface area is 97.3 Å². The first-order valence-electron chi connectivity index (χ1n) is 5.94. The van der Waals surface area contributed by atoms with Crippen molar-refractivity contribution in [3.63, 3.8) is 0 Å². The molecule has 0 atom stereocenters. The zero-order chi connectivity index (χ0) is 12.1. The maximum Gasteiger partial charge on any atom is -0.0104 e. The molecule has 0 aromatic carbocycles. The Balaban J connectivity index is 3.14. The molecular formula is C14H27P. The van der Waals surface area contributed by atoms with Gasteiger partial charge in [-0.05, 0) is 28.3 Å². The van der Waals surface area contributed by atoms with Gasteiger partial charge in [0.1, 0.15) is 0 Å². The highest BCUT2D eigenvalue weighted by atomic mass is 31.1. The van der Waals surface area contributed by atoms with Gasteiger partial charge in [-0.25, -0.2) is 0 Å². The molecule has 1 fully saturated rings. The lowest BCUT2D eigenvalue weighted by Crippen LogP contribution is -2.42. The fourth-order valence-corrected chi connectivity index (χ4v) is 10.1. The van der Waals surface area contributed by atoms with Gasteiger partial charge in [0.2, 0.25) is 0 Å². The van der Waals surface area contributed by atoms with Crippen molar-refractivity contribution >= 4 is 7.92 Å². The van der Waals surface area contributed by atoms with E-state index >= 15 is 0 Å². The Kier molecular flexibility index (Phi) is 3.17. The van der Waals surface area contributed by atoms with Crippen LogP contribution in [-0.4, -0.2) is 15.5 Å². The van der Waals surface area contributed by atoms with Crippen LogP contribution in [0.15, 0.2) is 12.2 Å². The summed E-state index contributed by atoms with van der Waals surface area (Å²) in [6, 6.07) is 0. The average Bonchev–Trinajstić information content (AvgIpc) is 1.71. The molecule has 1 rings (SSSR count). The van der Waals surface area contributed by atoms with E-state index in [9.17, 15) is 0 Å². The van der Waals surface area contributed by atoms with E-state index < -0.39 is 0 Å². The molecule has 1 heterocycles. The summed E-state index contributed by atoms with van der Waals surface area (Å²) >= 11 is 0. The number of hydrogen-bond acceptors (Lipinski definition) is 0. The molecular weight excluding hydrogens is 199 g/mol. The monoisotopic (exact) mass is 226 g/mol. The largest absolute Gasteiger partial charge is 0.0998 e. The van der Waals surface area contributed by atoms with E-state index in [4.69, 9.17) is 0 Å². The van der Waals surface area contributed by atoms with Crippen molar-refractivity contribution < 1.29 is 0 Å². The number of rotatable bonds is 0. The van der Waals surface area contributed by atoms with E-state index in [1.165, 1.54) is 18.4 Å². The van der Waals surface area contributed by atoms with Gasteiger partial charge in [-0.1, -0.05) is 68.5 Å². The quantitative estimate of drug-likeness (QED) is 0.394. The predicted octanol–water partition coefficient (Wildman–Crippen LogP) is 5.17. The molecule has 0 nitrogen and oxygen atoms in total. The van der Waals surface area contributed by atoms with E-state index in [2.05, 4.69) is 55.0 Å². The first kappa shape index (κ1) is 13.2. The van der Waals surface area contributed by atoms with Gasteiger partial charge in [0.15, 0.2) is 0 Å². The molecule has 0 aromatic heterocycles. The molecule has 15 heavy (non-hydrogen) atoms. The van der Waals surface area contributed by atoms with Gasteiger partial charge in [0.25, 0.3) is 0 Å². The minimum Gasteiger partial charge on any atom is -0.0998 e. The number of allylic oxidation sites excluding steroid dienone is 1. The molecule has 0 N–H and O–H groups in total. The summed E-state index contributed by atoms with van der Waals surface area (Å²) in [6.07, 6.45) is 2.44. The van der Waals surface area contributed by atoms with Crippen LogP contribution in [-0.2, 0) is 0 Å². The van der Waals surface area contributed by atoms with Crippen LogP contribution in [0.2, 0.25) is 0 Å². The van der Waals surface area contributed by atoms with E-state index in [0.717, 1.165) is 0 Å². The van der Waals surface area contributed by atoms with Crippen molar-refractivity contribution in [2.75, 3.05) is 0 Å². The highest BCUT2D eigenvalue weighted by Crippen LogP contribution is 2.72. The van der Waals surface area contributed by atoms with Gasteiger partial charge in [0, 0.05) is 0 Å². The standard InChI is InChI=1S/C14H27P/c1-11-9-13(5,6)15(12(2,3)4)14(7,8)10-11/h1,9-10H2,2-8H3. The second kappa shape index (κ2) is 3.59. The second-order valence-electron chi connectivity index (χ2n) is 7.23. The molecule has 0 spiro atoms. The highest BCUT2D eigenvalue weighted by Gasteiger charge is 2.49. The molecule has 1 heteroatoms. The molecule has 0 aliphatic carbocycles. The average molecular weight is 226 g/mol. The maximum absolute atomic E-state index is 4.23. The predicted molar refractivity (Wildman–Crippen MR) is 73.2 cm³/mol.